The molecular formula is C10H13FO2. The fourth-order valence-corrected chi connectivity index (χ4v) is 1.87. The zero-order chi connectivity index (χ0) is 9.64. The Labute approximate surface area is 76.4 Å². The van der Waals surface area contributed by atoms with Crippen LogP contribution in [0.5, 0.6) is 5.95 Å². The van der Waals surface area contributed by atoms with Crippen molar-refractivity contribution in [1.82, 2.24) is 0 Å². The predicted octanol–water partition coefficient (Wildman–Crippen LogP) is 2.51. The second kappa shape index (κ2) is 2.50. The molecule has 13 heavy (non-hydrogen) atoms. The zero-order valence-corrected chi connectivity index (χ0v) is 7.85. The number of furan rings is 1. The van der Waals surface area contributed by atoms with E-state index in [4.69, 9.17) is 4.42 Å². The van der Waals surface area contributed by atoms with Crippen LogP contribution in [0.2, 0.25) is 0 Å². The van der Waals surface area contributed by atoms with Crippen LogP contribution in [0.15, 0.2) is 4.42 Å². The molecule has 0 saturated carbocycles. The van der Waals surface area contributed by atoms with Gasteiger partial charge in [0.05, 0.1) is 0 Å². The Morgan fingerprint density at radius 2 is 2.23 bits per heavy atom. The molecule has 0 fully saturated rings. The van der Waals surface area contributed by atoms with Crippen LogP contribution < -0.4 is 0 Å². The molecule has 0 amide bonds. The minimum Gasteiger partial charge on any atom is -0.481 e. The van der Waals surface area contributed by atoms with E-state index in [1.807, 2.05) is 0 Å². The van der Waals surface area contributed by atoms with Gasteiger partial charge in [-0.2, -0.15) is 0 Å². The smallest absolute Gasteiger partial charge is 0.285 e. The predicted molar refractivity (Wildman–Crippen MR) is 46.6 cm³/mol. The molecule has 1 aromatic heterocycles. The van der Waals surface area contributed by atoms with Crippen molar-refractivity contribution in [3.8, 4) is 5.95 Å². The van der Waals surface area contributed by atoms with Crippen molar-refractivity contribution in [1.29, 1.82) is 0 Å². The van der Waals surface area contributed by atoms with E-state index in [1.165, 1.54) is 0 Å². The average molecular weight is 184 g/mol. The minimum absolute atomic E-state index is 0.0531. The highest BCUT2D eigenvalue weighted by atomic mass is 19.1. The van der Waals surface area contributed by atoms with Gasteiger partial charge in [-0.3, -0.25) is 0 Å². The minimum atomic E-state index is -1.18. The first-order valence-corrected chi connectivity index (χ1v) is 4.49. The molecule has 1 aliphatic rings. The monoisotopic (exact) mass is 184 g/mol. The summed E-state index contributed by atoms with van der Waals surface area (Å²) in [5, 5.41) is 9.29. The Bertz CT molecular complexity index is 339. The van der Waals surface area contributed by atoms with E-state index in [2.05, 4.69) is 0 Å². The molecule has 0 radical (unpaired) electrons. The van der Waals surface area contributed by atoms with E-state index in [1.54, 1.807) is 13.8 Å². The maximum absolute atomic E-state index is 13.5. The number of fused-ring (bicyclic) bond motifs is 1. The van der Waals surface area contributed by atoms with Crippen LogP contribution >= 0.6 is 0 Å². The van der Waals surface area contributed by atoms with Crippen LogP contribution in [0.4, 0.5) is 4.39 Å². The SMILES string of the molecule is Cc1c(O)oc2c1CC[C@](C)(F)C2. The Hall–Kier alpha value is -0.990. The Balaban J connectivity index is 2.42. The number of hydrogen-bond donors (Lipinski definition) is 1. The molecule has 1 aromatic rings. The van der Waals surface area contributed by atoms with Gasteiger partial charge in [-0.15, -0.1) is 0 Å². The molecule has 72 valence electrons. The molecular weight excluding hydrogens is 171 g/mol. The van der Waals surface area contributed by atoms with Gasteiger partial charge < -0.3 is 9.52 Å². The molecule has 0 aromatic carbocycles. The van der Waals surface area contributed by atoms with Gasteiger partial charge in [0.25, 0.3) is 5.95 Å². The van der Waals surface area contributed by atoms with Crippen LogP contribution in [-0.2, 0) is 12.8 Å². The summed E-state index contributed by atoms with van der Waals surface area (Å²) in [6.45, 7) is 3.38. The van der Waals surface area contributed by atoms with Crippen molar-refractivity contribution in [3.63, 3.8) is 0 Å². The highest BCUT2D eigenvalue weighted by Crippen LogP contribution is 2.37. The summed E-state index contributed by atoms with van der Waals surface area (Å²) in [5.74, 6) is 0.564. The fourth-order valence-electron chi connectivity index (χ4n) is 1.87. The Morgan fingerprint density at radius 1 is 1.54 bits per heavy atom. The number of aromatic hydroxyl groups is 1. The van der Waals surface area contributed by atoms with Crippen LogP contribution in [-0.4, -0.2) is 10.8 Å². The van der Waals surface area contributed by atoms with Gasteiger partial charge in [0.2, 0.25) is 0 Å². The van der Waals surface area contributed by atoms with Crippen LogP contribution in [0, 0.1) is 6.92 Å². The maximum Gasteiger partial charge on any atom is 0.285 e. The maximum atomic E-state index is 13.5. The second-order valence-corrected chi connectivity index (χ2v) is 4.02. The molecule has 0 bridgehead atoms. The summed E-state index contributed by atoms with van der Waals surface area (Å²) < 4.78 is 18.6. The molecule has 3 heteroatoms. The van der Waals surface area contributed by atoms with Crippen molar-refractivity contribution < 1.29 is 13.9 Å². The third-order valence-corrected chi connectivity index (χ3v) is 2.76. The Kier molecular flexibility index (Phi) is 1.65. The second-order valence-electron chi connectivity index (χ2n) is 4.02. The lowest BCUT2D eigenvalue weighted by molar-refractivity contribution is 0.152. The molecule has 2 rings (SSSR count). The molecule has 0 saturated heterocycles. The van der Waals surface area contributed by atoms with Gasteiger partial charge in [-0.25, -0.2) is 4.39 Å². The lowest BCUT2D eigenvalue weighted by Crippen LogP contribution is -2.26. The van der Waals surface area contributed by atoms with E-state index in [0.717, 1.165) is 11.1 Å². The first-order chi connectivity index (χ1) is 5.99. The van der Waals surface area contributed by atoms with Crippen LogP contribution in [0.3, 0.4) is 0 Å². The van der Waals surface area contributed by atoms with Gasteiger partial charge in [-0.1, -0.05) is 0 Å². The van der Waals surface area contributed by atoms with Gasteiger partial charge in [0.1, 0.15) is 11.4 Å². The summed E-state index contributed by atoms with van der Waals surface area (Å²) in [6, 6.07) is 0. The van der Waals surface area contributed by atoms with Crippen LogP contribution in [0.1, 0.15) is 30.2 Å². The van der Waals surface area contributed by atoms with E-state index in [9.17, 15) is 9.50 Å². The van der Waals surface area contributed by atoms with Crippen molar-refractivity contribution in [2.24, 2.45) is 0 Å². The molecule has 0 unspecified atom stereocenters. The van der Waals surface area contributed by atoms with Crippen molar-refractivity contribution >= 4 is 0 Å². The third-order valence-electron chi connectivity index (χ3n) is 2.76. The molecule has 0 spiro atoms. The standard InChI is InChI=1S/C10H13FO2/c1-6-7-3-4-10(2,11)5-8(7)13-9(6)12/h12H,3-5H2,1-2H3/t10-/m0/s1. The quantitative estimate of drug-likeness (QED) is 0.672. The van der Waals surface area contributed by atoms with Crippen LogP contribution in [0.25, 0.3) is 0 Å². The topological polar surface area (TPSA) is 33.4 Å². The molecule has 1 atom stereocenters. The van der Waals surface area contributed by atoms with E-state index >= 15 is 0 Å². The summed E-state index contributed by atoms with van der Waals surface area (Å²) in [4.78, 5) is 0. The van der Waals surface area contributed by atoms with Gasteiger partial charge in [0.15, 0.2) is 0 Å². The lowest BCUT2D eigenvalue weighted by Gasteiger charge is -2.24. The van der Waals surface area contributed by atoms with Crippen molar-refractivity contribution in [2.45, 2.75) is 38.8 Å². The largest absolute Gasteiger partial charge is 0.481 e. The highest BCUT2D eigenvalue weighted by Gasteiger charge is 2.33. The van der Waals surface area contributed by atoms with E-state index in [-0.39, 0.29) is 12.4 Å². The fraction of sp³-hybridized carbons (Fsp3) is 0.600. The third kappa shape index (κ3) is 1.32. The number of rotatable bonds is 0. The van der Waals surface area contributed by atoms with Gasteiger partial charge in [-0.05, 0) is 26.7 Å². The molecule has 1 N–H and O–H groups in total. The molecule has 0 aliphatic heterocycles. The van der Waals surface area contributed by atoms with Crippen molar-refractivity contribution in [2.75, 3.05) is 0 Å². The summed E-state index contributed by atoms with van der Waals surface area (Å²) in [7, 11) is 0. The molecule has 1 heterocycles. The molecule has 1 aliphatic carbocycles. The molecule has 2 nitrogen and oxygen atoms in total. The van der Waals surface area contributed by atoms with E-state index < -0.39 is 5.67 Å². The zero-order valence-electron chi connectivity index (χ0n) is 7.85. The highest BCUT2D eigenvalue weighted by molar-refractivity contribution is 5.37. The average Bonchev–Trinajstić information content (AvgIpc) is 2.25. The summed E-state index contributed by atoms with van der Waals surface area (Å²) in [6.07, 6.45) is 1.46. The number of halogens is 1. The lowest BCUT2D eigenvalue weighted by atomic mass is 9.86. The normalized spacial score (nSPS) is 27.3. The van der Waals surface area contributed by atoms with Crippen molar-refractivity contribution in [3.05, 3.63) is 16.9 Å². The Morgan fingerprint density at radius 3 is 2.92 bits per heavy atom. The first-order valence-electron chi connectivity index (χ1n) is 4.49. The summed E-state index contributed by atoms with van der Waals surface area (Å²) in [5.41, 5.74) is 0.585. The summed E-state index contributed by atoms with van der Waals surface area (Å²) >= 11 is 0. The number of alkyl halides is 1. The van der Waals surface area contributed by atoms with Gasteiger partial charge in [0, 0.05) is 17.5 Å². The first kappa shape index (κ1) is 8.60. The van der Waals surface area contributed by atoms with Gasteiger partial charge >= 0.3 is 0 Å². The van der Waals surface area contributed by atoms with E-state index in [0.29, 0.717) is 18.6 Å². The number of hydrogen-bond acceptors (Lipinski definition) is 2.